The number of benzene rings is 2. The molecule has 0 bridgehead atoms. The summed E-state index contributed by atoms with van der Waals surface area (Å²) in [6, 6.07) is 13.2. The summed E-state index contributed by atoms with van der Waals surface area (Å²) < 4.78 is 29.0. The molecule has 1 aliphatic rings. The Labute approximate surface area is 222 Å². The van der Waals surface area contributed by atoms with E-state index in [-0.39, 0.29) is 29.6 Å². The Kier molecular flexibility index (Phi) is 8.09. The smallest absolute Gasteiger partial charge is 0.373 e. The average Bonchev–Trinajstić information content (AvgIpc) is 3.45. The summed E-state index contributed by atoms with van der Waals surface area (Å²) in [4.78, 5) is 50.1. The summed E-state index contributed by atoms with van der Waals surface area (Å²) in [6.45, 7) is -0.409. The van der Waals surface area contributed by atoms with E-state index in [9.17, 15) is 23.6 Å². The van der Waals surface area contributed by atoms with Crippen molar-refractivity contribution in [1.82, 2.24) is 4.90 Å². The van der Waals surface area contributed by atoms with Crippen molar-refractivity contribution in [1.29, 1.82) is 0 Å². The highest BCUT2D eigenvalue weighted by Gasteiger charge is 2.35. The van der Waals surface area contributed by atoms with Crippen molar-refractivity contribution in [2.75, 3.05) is 19.0 Å². The number of nitrogens with one attached hydrogen (secondary N) is 1. The van der Waals surface area contributed by atoms with Gasteiger partial charge in [0, 0.05) is 5.69 Å². The van der Waals surface area contributed by atoms with E-state index in [0.717, 1.165) is 16.7 Å². The zero-order valence-electron chi connectivity index (χ0n) is 19.2. The first kappa shape index (κ1) is 26.2. The molecular weight excluding hydrogens is 571 g/mol. The number of anilines is 1. The molecule has 0 spiro atoms. The lowest BCUT2D eigenvalue weighted by Gasteiger charge is -2.10. The lowest BCUT2D eigenvalue weighted by Crippen LogP contribution is -2.27. The highest BCUT2D eigenvalue weighted by atomic mass is 79.9. The van der Waals surface area contributed by atoms with Crippen LogP contribution in [0.15, 0.2) is 68.4 Å². The van der Waals surface area contributed by atoms with Crippen molar-refractivity contribution in [2.45, 2.75) is 6.54 Å². The number of halogens is 2. The summed E-state index contributed by atoms with van der Waals surface area (Å²) in [5.41, 5.74) is 1.06. The Morgan fingerprint density at radius 3 is 2.59 bits per heavy atom. The van der Waals surface area contributed by atoms with E-state index in [1.165, 1.54) is 43.5 Å². The normalized spacial score (nSPS) is 14.2. The Balaban J connectivity index is 1.37. The summed E-state index contributed by atoms with van der Waals surface area (Å²) in [5.74, 6) is -1.37. The van der Waals surface area contributed by atoms with E-state index in [0.29, 0.717) is 21.5 Å². The van der Waals surface area contributed by atoms with Gasteiger partial charge in [-0.15, -0.1) is 0 Å². The van der Waals surface area contributed by atoms with Gasteiger partial charge in [-0.25, -0.2) is 9.18 Å². The molecule has 9 nitrogen and oxygen atoms in total. The third-order valence-electron chi connectivity index (χ3n) is 4.98. The Hall–Kier alpha value is -3.90. The number of thioether (sulfide) groups is 1. The number of carbonyl (C=O) groups is 4. The Bertz CT molecular complexity index is 1400. The fourth-order valence-electron chi connectivity index (χ4n) is 3.21. The molecule has 3 amide bonds. The minimum Gasteiger partial charge on any atom is -0.483 e. The largest absolute Gasteiger partial charge is 0.483 e. The van der Waals surface area contributed by atoms with Gasteiger partial charge in [-0.1, -0.05) is 6.07 Å². The molecule has 0 saturated carbocycles. The van der Waals surface area contributed by atoms with Crippen molar-refractivity contribution in [3.8, 4) is 5.75 Å². The van der Waals surface area contributed by atoms with E-state index in [2.05, 4.69) is 26.0 Å². The first-order chi connectivity index (χ1) is 17.7. The van der Waals surface area contributed by atoms with Crippen molar-refractivity contribution >= 4 is 62.5 Å². The topological polar surface area (TPSA) is 115 Å². The summed E-state index contributed by atoms with van der Waals surface area (Å²) >= 11 is 4.16. The predicted molar refractivity (Wildman–Crippen MR) is 136 cm³/mol. The summed E-state index contributed by atoms with van der Waals surface area (Å²) in [5, 5.41) is 2.12. The number of rotatable bonds is 8. The molecule has 1 N–H and O–H groups in total. The van der Waals surface area contributed by atoms with Crippen LogP contribution in [0.25, 0.3) is 6.08 Å². The molecule has 1 fully saturated rings. The van der Waals surface area contributed by atoms with Crippen molar-refractivity contribution in [3.05, 3.63) is 86.9 Å². The highest BCUT2D eigenvalue weighted by Crippen LogP contribution is 2.35. The molecule has 0 unspecified atom stereocenters. The second-order valence-electron chi connectivity index (χ2n) is 7.56. The van der Waals surface area contributed by atoms with Gasteiger partial charge in [0.2, 0.25) is 5.76 Å². The summed E-state index contributed by atoms with van der Waals surface area (Å²) in [7, 11) is 1.22. The van der Waals surface area contributed by atoms with Crippen molar-refractivity contribution < 1.29 is 37.5 Å². The van der Waals surface area contributed by atoms with Gasteiger partial charge in [0.25, 0.3) is 17.1 Å². The third-order valence-corrected chi connectivity index (χ3v) is 6.50. The quantitative estimate of drug-likeness (QED) is 0.281. The molecule has 1 saturated heterocycles. The molecule has 3 aromatic rings. The fraction of sp³-hybridized carbons (Fsp3) is 0.120. The van der Waals surface area contributed by atoms with Crippen LogP contribution in [-0.2, 0) is 20.9 Å². The monoisotopic (exact) mass is 588 g/mol. The predicted octanol–water partition coefficient (Wildman–Crippen LogP) is 5.22. The maximum atomic E-state index is 13.0. The molecule has 0 aliphatic carbocycles. The molecular formula is C25H18BrFN2O7S. The molecule has 4 rings (SSSR count). The van der Waals surface area contributed by atoms with E-state index >= 15 is 0 Å². The minimum atomic E-state index is -0.660. The maximum absolute atomic E-state index is 13.0. The molecule has 37 heavy (non-hydrogen) atoms. The average molecular weight is 589 g/mol. The Morgan fingerprint density at radius 2 is 1.89 bits per heavy atom. The standard InChI is InChI=1S/C25H18BrFN2O7S/c1-34-24(32)20-9-7-17(36-20)12-29-23(31)21(37-25(29)33)11-14-2-8-19(18(26)10-14)35-13-22(30)28-16-5-3-15(27)4-6-16/h2-11H,12-13H2,1H3,(H,28,30)/b21-11+. The van der Waals surface area contributed by atoms with Gasteiger partial charge in [-0.05, 0) is 87.9 Å². The van der Waals surface area contributed by atoms with Gasteiger partial charge in [0.15, 0.2) is 6.61 Å². The number of methoxy groups -OCH3 is 1. The van der Waals surface area contributed by atoms with Crippen LogP contribution < -0.4 is 10.1 Å². The molecule has 190 valence electrons. The summed E-state index contributed by atoms with van der Waals surface area (Å²) in [6.07, 6.45) is 1.56. The van der Waals surface area contributed by atoms with E-state index in [1.807, 2.05) is 0 Å². The first-order valence-electron chi connectivity index (χ1n) is 10.6. The van der Waals surface area contributed by atoms with E-state index < -0.39 is 28.8 Å². The van der Waals surface area contributed by atoms with Crippen LogP contribution in [0.5, 0.6) is 5.75 Å². The number of nitrogens with zero attached hydrogens (tertiary/aromatic N) is 1. The van der Waals surface area contributed by atoms with Gasteiger partial charge in [-0.3, -0.25) is 19.3 Å². The van der Waals surface area contributed by atoms with Crippen LogP contribution in [-0.4, -0.2) is 41.6 Å². The number of amides is 3. The van der Waals surface area contributed by atoms with Crippen molar-refractivity contribution in [2.24, 2.45) is 0 Å². The zero-order chi connectivity index (χ0) is 26.5. The van der Waals surface area contributed by atoms with Crippen LogP contribution in [0.3, 0.4) is 0 Å². The van der Waals surface area contributed by atoms with Crippen LogP contribution in [0.1, 0.15) is 21.9 Å². The fourth-order valence-corrected chi connectivity index (χ4v) is 4.56. The molecule has 12 heteroatoms. The second kappa shape index (κ2) is 11.4. The molecule has 0 radical (unpaired) electrons. The second-order valence-corrected chi connectivity index (χ2v) is 9.41. The molecule has 2 heterocycles. The Morgan fingerprint density at radius 1 is 1.14 bits per heavy atom. The number of carbonyl (C=O) groups excluding carboxylic acids is 4. The third kappa shape index (κ3) is 6.46. The van der Waals surface area contributed by atoms with Crippen molar-refractivity contribution in [3.63, 3.8) is 0 Å². The molecule has 1 aromatic heterocycles. The molecule has 2 aromatic carbocycles. The zero-order valence-corrected chi connectivity index (χ0v) is 21.6. The van der Waals surface area contributed by atoms with Crippen LogP contribution in [0.4, 0.5) is 14.9 Å². The van der Waals surface area contributed by atoms with Gasteiger partial charge in [0.05, 0.1) is 23.0 Å². The molecule has 0 atom stereocenters. The number of ether oxygens (including phenoxy) is 2. The van der Waals surface area contributed by atoms with Crippen LogP contribution in [0, 0.1) is 5.82 Å². The SMILES string of the molecule is COC(=O)c1ccc(CN2C(=O)S/C(=C/c3ccc(OCC(=O)Nc4ccc(F)cc4)c(Br)c3)C2=O)o1. The van der Waals surface area contributed by atoms with Gasteiger partial charge >= 0.3 is 5.97 Å². The lowest BCUT2D eigenvalue weighted by atomic mass is 10.2. The maximum Gasteiger partial charge on any atom is 0.373 e. The number of furan rings is 1. The number of hydrogen-bond acceptors (Lipinski definition) is 8. The highest BCUT2D eigenvalue weighted by molar-refractivity contribution is 9.10. The van der Waals surface area contributed by atoms with Gasteiger partial charge in [-0.2, -0.15) is 0 Å². The van der Waals surface area contributed by atoms with E-state index in [1.54, 1.807) is 24.3 Å². The number of esters is 1. The molecule has 1 aliphatic heterocycles. The first-order valence-corrected chi connectivity index (χ1v) is 12.2. The van der Waals surface area contributed by atoms with Crippen LogP contribution >= 0.6 is 27.7 Å². The van der Waals surface area contributed by atoms with Gasteiger partial charge in [0.1, 0.15) is 17.3 Å². The van der Waals surface area contributed by atoms with Gasteiger partial charge < -0.3 is 19.2 Å². The minimum absolute atomic E-state index is 0.0277. The number of imide groups is 1. The number of hydrogen-bond donors (Lipinski definition) is 1. The lowest BCUT2D eigenvalue weighted by molar-refractivity contribution is -0.123. The van der Waals surface area contributed by atoms with E-state index in [4.69, 9.17) is 9.15 Å². The van der Waals surface area contributed by atoms with Crippen LogP contribution in [0.2, 0.25) is 0 Å².